The van der Waals surface area contributed by atoms with Crippen LogP contribution >= 0.6 is 0 Å². The molecule has 0 spiro atoms. The quantitative estimate of drug-likeness (QED) is 0.391. The van der Waals surface area contributed by atoms with Crippen LogP contribution < -0.4 is 10.5 Å². The number of nitrogens with one attached hydrogen (secondary N) is 1. The number of hydrogen-bond acceptors (Lipinski definition) is 9. The molecule has 1 aliphatic rings. The van der Waals surface area contributed by atoms with Gasteiger partial charge in [-0.25, -0.2) is 18.1 Å². The fourth-order valence-corrected chi connectivity index (χ4v) is 3.76. The number of aliphatic hydroxyl groups excluding tert-OH is 3. The van der Waals surface area contributed by atoms with Crippen LogP contribution in [0, 0.1) is 6.92 Å². The number of hydrogen-bond donors (Lipinski definition) is 5. The smallest absolute Gasteiger partial charge is 0.287 e. The van der Waals surface area contributed by atoms with E-state index in [1.165, 1.54) is 12.1 Å². The van der Waals surface area contributed by atoms with Gasteiger partial charge in [0.25, 0.3) is 15.9 Å². The fraction of sp³-hybridized carbons (Fsp3) is 0.375. The zero-order valence-electron chi connectivity index (χ0n) is 14.8. The highest BCUT2D eigenvalue weighted by Crippen LogP contribution is 2.31. The lowest BCUT2D eigenvalue weighted by atomic mass is 10.1. The standard InChI is InChI=1S/C16H20N4O7S/c1-8-2-4-9(5-3-8)28(25,26)19-15(24)11-14(17)20(7-18-11)16-13(23)12(22)10(6-21)27-16/h2-5,7,10,12-13,16,21-23H,6,17H2,1H3,(H,19,24)/t10-,12-,13-,16-/m1/s1. The van der Waals surface area contributed by atoms with E-state index in [1.807, 2.05) is 4.72 Å². The number of ether oxygens (including phenoxy) is 1. The van der Waals surface area contributed by atoms with Crippen molar-refractivity contribution in [3.05, 3.63) is 41.9 Å². The molecule has 28 heavy (non-hydrogen) atoms. The van der Waals surface area contributed by atoms with Crippen LogP contribution in [0.5, 0.6) is 0 Å². The minimum atomic E-state index is -4.14. The number of nitrogens with two attached hydrogens (primary N) is 1. The van der Waals surface area contributed by atoms with Crippen molar-refractivity contribution in [1.29, 1.82) is 0 Å². The summed E-state index contributed by atoms with van der Waals surface area (Å²) in [5, 5.41) is 29.0. The van der Waals surface area contributed by atoms with Crippen LogP contribution in [-0.2, 0) is 14.8 Å². The molecule has 0 bridgehead atoms. The van der Waals surface area contributed by atoms with Crippen LogP contribution in [-0.4, -0.2) is 64.1 Å². The Morgan fingerprint density at radius 1 is 1.29 bits per heavy atom. The third-order valence-corrected chi connectivity index (χ3v) is 5.74. The molecule has 3 rings (SSSR count). The molecule has 2 heterocycles. The Bertz CT molecular complexity index is 973. The lowest BCUT2D eigenvalue weighted by molar-refractivity contribution is -0.0518. The van der Waals surface area contributed by atoms with Gasteiger partial charge in [-0.2, -0.15) is 0 Å². The van der Waals surface area contributed by atoms with E-state index in [4.69, 9.17) is 15.6 Å². The normalized spacial score (nSPS) is 25.0. The Morgan fingerprint density at radius 3 is 2.50 bits per heavy atom. The first-order valence-electron chi connectivity index (χ1n) is 8.24. The summed E-state index contributed by atoms with van der Waals surface area (Å²) in [5.74, 6) is -1.34. The molecule has 0 saturated carbocycles. The molecule has 1 amide bonds. The van der Waals surface area contributed by atoms with Gasteiger partial charge in [-0.15, -0.1) is 0 Å². The number of aromatic nitrogens is 2. The van der Waals surface area contributed by atoms with Gasteiger partial charge >= 0.3 is 0 Å². The van der Waals surface area contributed by atoms with Crippen molar-refractivity contribution < 1.29 is 33.3 Å². The predicted molar refractivity (Wildman–Crippen MR) is 95.5 cm³/mol. The van der Waals surface area contributed by atoms with E-state index in [0.29, 0.717) is 0 Å². The lowest BCUT2D eigenvalue weighted by Gasteiger charge is -2.17. The summed E-state index contributed by atoms with van der Waals surface area (Å²) in [6, 6.07) is 5.88. The summed E-state index contributed by atoms with van der Waals surface area (Å²) >= 11 is 0. The zero-order valence-corrected chi connectivity index (χ0v) is 15.6. The molecule has 6 N–H and O–H groups in total. The number of aryl methyl sites for hydroxylation is 1. The molecular formula is C16H20N4O7S. The third-order valence-electron chi connectivity index (χ3n) is 4.40. The minimum absolute atomic E-state index is 0.104. The van der Waals surface area contributed by atoms with Gasteiger partial charge in [-0.1, -0.05) is 17.7 Å². The second-order valence-electron chi connectivity index (χ2n) is 6.36. The van der Waals surface area contributed by atoms with E-state index in [9.17, 15) is 23.4 Å². The highest BCUT2D eigenvalue weighted by atomic mass is 32.2. The molecule has 1 fully saturated rings. The van der Waals surface area contributed by atoms with Crippen molar-refractivity contribution in [3.8, 4) is 0 Å². The van der Waals surface area contributed by atoms with E-state index in [1.54, 1.807) is 19.1 Å². The second-order valence-corrected chi connectivity index (χ2v) is 8.04. The second kappa shape index (κ2) is 7.48. The molecule has 152 valence electrons. The Kier molecular flexibility index (Phi) is 5.41. The van der Waals surface area contributed by atoms with E-state index >= 15 is 0 Å². The maximum absolute atomic E-state index is 12.4. The summed E-state index contributed by atoms with van der Waals surface area (Å²) in [5.41, 5.74) is 6.32. The molecule has 12 heteroatoms. The van der Waals surface area contributed by atoms with Gasteiger partial charge in [-0.05, 0) is 19.1 Å². The van der Waals surface area contributed by atoms with Crippen LogP contribution in [0.25, 0.3) is 0 Å². The number of nitrogen functional groups attached to an aromatic ring is 1. The summed E-state index contributed by atoms with van der Waals surface area (Å²) in [4.78, 5) is 16.1. The topological polar surface area (TPSA) is 177 Å². The van der Waals surface area contributed by atoms with Crippen LogP contribution in [0.4, 0.5) is 5.82 Å². The highest BCUT2D eigenvalue weighted by molar-refractivity contribution is 7.90. The maximum Gasteiger partial charge on any atom is 0.287 e. The Labute approximate surface area is 160 Å². The van der Waals surface area contributed by atoms with Gasteiger partial charge in [0.2, 0.25) is 0 Å². The van der Waals surface area contributed by atoms with Crippen molar-refractivity contribution in [2.24, 2.45) is 0 Å². The lowest BCUT2D eigenvalue weighted by Crippen LogP contribution is -2.33. The van der Waals surface area contributed by atoms with Gasteiger partial charge in [0.1, 0.15) is 24.1 Å². The molecule has 0 aliphatic carbocycles. The molecule has 1 saturated heterocycles. The highest BCUT2D eigenvalue weighted by Gasteiger charge is 2.44. The van der Waals surface area contributed by atoms with Gasteiger partial charge in [-0.3, -0.25) is 9.36 Å². The fourth-order valence-electron chi connectivity index (χ4n) is 2.80. The molecule has 11 nitrogen and oxygen atoms in total. The minimum Gasteiger partial charge on any atom is -0.394 e. The number of carbonyl (C=O) groups is 1. The van der Waals surface area contributed by atoms with Gasteiger partial charge in [0.15, 0.2) is 11.9 Å². The first-order chi connectivity index (χ1) is 13.2. The number of imidazole rings is 1. The van der Waals surface area contributed by atoms with Crippen LogP contribution in [0.3, 0.4) is 0 Å². The summed E-state index contributed by atoms with van der Waals surface area (Å²) in [7, 11) is -4.14. The molecule has 1 aliphatic heterocycles. The van der Waals surface area contributed by atoms with Gasteiger partial charge in [0.05, 0.1) is 17.8 Å². The molecule has 0 radical (unpaired) electrons. The summed E-state index contributed by atoms with van der Waals surface area (Å²) < 4.78 is 33.0. The van der Waals surface area contributed by atoms with E-state index in [-0.39, 0.29) is 10.7 Å². The first-order valence-corrected chi connectivity index (χ1v) is 9.72. The average Bonchev–Trinajstić information content (AvgIpc) is 3.15. The number of nitrogens with zero attached hydrogens (tertiary/aromatic N) is 2. The van der Waals surface area contributed by atoms with Crippen molar-refractivity contribution >= 4 is 21.7 Å². The predicted octanol–water partition coefficient (Wildman–Crippen LogP) is -1.50. The van der Waals surface area contributed by atoms with E-state index in [0.717, 1.165) is 16.5 Å². The number of amides is 1. The first kappa shape index (κ1) is 20.2. The monoisotopic (exact) mass is 412 g/mol. The Hall–Kier alpha value is -2.51. The third kappa shape index (κ3) is 3.59. The number of carbonyl (C=O) groups excluding carboxylic acids is 1. The SMILES string of the molecule is Cc1ccc(S(=O)(=O)NC(=O)c2ncn([C@@H]3O[C@H](CO)[C@@H](O)[C@H]3O)c2N)cc1. The van der Waals surface area contributed by atoms with Crippen LogP contribution in [0.15, 0.2) is 35.5 Å². The average molecular weight is 412 g/mol. The van der Waals surface area contributed by atoms with Crippen molar-refractivity contribution in [3.63, 3.8) is 0 Å². The Morgan fingerprint density at radius 2 is 1.93 bits per heavy atom. The molecule has 0 unspecified atom stereocenters. The molecule has 4 atom stereocenters. The summed E-state index contributed by atoms with van der Waals surface area (Å²) in [6.07, 6.45) is -3.96. The number of anilines is 1. The molecule has 1 aromatic heterocycles. The van der Waals surface area contributed by atoms with Gasteiger partial charge < -0.3 is 25.8 Å². The Balaban J connectivity index is 1.82. The zero-order chi connectivity index (χ0) is 20.6. The van der Waals surface area contributed by atoms with Crippen molar-refractivity contribution in [2.45, 2.75) is 36.4 Å². The number of rotatable bonds is 5. The number of aliphatic hydroxyl groups is 3. The maximum atomic E-state index is 12.4. The molecular weight excluding hydrogens is 392 g/mol. The van der Waals surface area contributed by atoms with Gasteiger partial charge in [0, 0.05) is 0 Å². The largest absolute Gasteiger partial charge is 0.394 e. The number of benzene rings is 1. The van der Waals surface area contributed by atoms with E-state index < -0.39 is 52.8 Å². The van der Waals surface area contributed by atoms with Crippen LogP contribution in [0.1, 0.15) is 22.3 Å². The number of sulfonamides is 1. The van der Waals surface area contributed by atoms with E-state index in [2.05, 4.69) is 4.98 Å². The summed E-state index contributed by atoms with van der Waals surface area (Å²) in [6.45, 7) is 1.26. The van der Waals surface area contributed by atoms with Crippen molar-refractivity contribution in [1.82, 2.24) is 14.3 Å². The molecule has 2 aromatic rings. The van der Waals surface area contributed by atoms with Crippen LogP contribution in [0.2, 0.25) is 0 Å². The van der Waals surface area contributed by atoms with Crippen molar-refractivity contribution in [2.75, 3.05) is 12.3 Å². The molecule has 1 aromatic carbocycles.